The van der Waals surface area contributed by atoms with E-state index < -0.39 is 62.6 Å². The van der Waals surface area contributed by atoms with Crippen LogP contribution in [0.2, 0.25) is 20.1 Å². The number of aromatic nitrogens is 5. The van der Waals surface area contributed by atoms with Gasteiger partial charge in [-0.1, -0.05) is 91.7 Å². The van der Waals surface area contributed by atoms with Crippen LogP contribution in [0.1, 0.15) is 78.0 Å². The third-order valence-electron chi connectivity index (χ3n) is 8.12. The first kappa shape index (κ1) is 49.1. The zero-order valence-electron chi connectivity index (χ0n) is 32.5. The smallest absolute Gasteiger partial charge is 0.383 e. The molecule has 0 radical (unpaired) electrons. The lowest BCUT2D eigenvalue weighted by Gasteiger charge is -2.17. The Labute approximate surface area is 369 Å². The largest absolute Gasteiger partial charge is 0.435 e. The highest BCUT2D eigenvalue weighted by molar-refractivity contribution is 7.88. The first-order valence-corrected chi connectivity index (χ1v) is 21.6. The fourth-order valence-electron chi connectivity index (χ4n) is 5.49. The number of halogens is 10. The van der Waals surface area contributed by atoms with Gasteiger partial charge in [0.15, 0.2) is 17.2 Å². The van der Waals surface area contributed by atoms with E-state index in [-0.39, 0.29) is 75.5 Å². The summed E-state index contributed by atoms with van der Waals surface area (Å²) in [6, 6.07) is 9.46. The van der Waals surface area contributed by atoms with Gasteiger partial charge in [0.1, 0.15) is 28.2 Å². The van der Waals surface area contributed by atoms with Crippen LogP contribution in [0.25, 0.3) is 11.5 Å². The number of nitrogens with zero attached hydrogens (tertiary/aromatic N) is 7. The van der Waals surface area contributed by atoms with Gasteiger partial charge in [-0.05, 0) is 48.9 Å². The molecule has 0 aliphatic heterocycles. The summed E-state index contributed by atoms with van der Waals surface area (Å²) in [6.45, 7) is 11.0. The number of amides is 2. The minimum Gasteiger partial charge on any atom is -0.383 e. The number of aryl methyl sites for hydroxylation is 1. The topological polar surface area (TPSA) is 174 Å². The first-order chi connectivity index (χ1) is 28.3. The van der Waals surface area contributed by atoms with Crippen molar-refractivity contribution in [3.05, 3.63) is 103 Å². The van der Waals surface area contributed by atoms with Gasteiger partial charge in [-0.25, -0.2) is 14.3 Å². The highest BCUT2D eigenvalue weighted by atomic mass is 35.5. The number of benzene rings is 2. The molecule has 5 aromatic rings. The van der Waals surface area contributed by atoms with Gasteiger partial charge >= 0.3 is 12.4 Å². The molecule has 2 amide bonds. The molecule has 5 rings (SSSR count). The van der Waals surface area contributed by atoms with Crippen molar-refractivity contribution >= 4 is 91.2 Å². The molecule has 3 heterocycles. The quantitative estimate of drug-likeness (QED) is 0.137. The lowest BCUT2D eigenvalue weighted by Crippen LogP contribution is -2.21. The van der Waals surface area contributed by atoms with Crippen LogP contribution in [0.5, 0.6) is 0 Å². The van der Waals surface area contributed by atoms with Crippen LogP contribution in [-0.4, -0.2) is 56.8 Å². The van der Waals surface area contributed by atoms with E-state index in [1.165, 1.54) is 30.5 Å². The maximum Gasteiger partial charge on any atom is 0.435 e. The molecule has 0 bridgehead atoms. The summed E-state index contributed by atoms with van der Waals surface area (Å²) >= 11 is 24.1. The molecular weight excluding hydrogens is 938 g/mol. The number of nitrogen functional groups attached to an aromatic ring is 1. The summed E-state index contributed by atoms with van der Waals surface area (Å²) in [6.07, 6.45) is -8.16. The second-order valence-electron chi connectivity index (χ2n) is 13.1. The predicted molar refractivity (Wildman–Crippen MR) is 225 cm³/mol. The molecule has 12 nitrogen and oxygen atoms in total. The second kappa shape index (κ2) is 19.7. The molecule has 0 saturated heterocycles. The van der Waals surface area contributed by atoms with Crippen LogP contribution < -0.4 is 11.1 Å². The van der Waals surface area contributed by atoms with E-state index in [2.05, 4.69) is 24.9 Å². The Balaban J connectivity index is 0.000000294. The van der Waals surface area contributed by atoms with Gasteiger partial charge in [0, 0.05) is 33.5 Å². The minimum atomic E-state index is -4.83. The number of nitrogens with two attached hydrogens (primary N) is 1. The number of hydrogen-bond donors (Lipinski definition) is 2. The number of carbonyl (C=O) groups excluding carboxylic acids is 2. The molecular formula is C37H33Cl4F6N9O3S2. The van der Waals surface area contributed by atoms with Crippen molar-refractivity contribution in [2.75, 3.05) is 16.8 Å². The average Bonchev–Trinajstić information content (AvgIpc) is 3.76. The Kier molecular flexibility index (Phi) is 15.9. The van der Waals surface area contributed by atoms with Gasteiger partial charge in [0.05, 0.1) is 42.7 Å². The third-order valence-corrected chi connectivity index (χ3v) is 12.9. The van der Waals surface area contributed by atoms with Crippen LogP contribution in [-0.2, 0) is 33.8 Å². The van der Waals surface area contributed by atoms with E-state index in [1.54, 1.807) is 19.9 Å². The molecule has 61 heavy (non-hydrogen) atoms. The van der Waals surface area contributed by atoms with Crippen molar-refractivity contribution in [3.8, 4) is 17.6 Å². The van der Waals surface area contributed by atoms with Crippen LogP contribution in [0.15, 0.2) is 57.9 Å². The van der Waals surface area contributed by atoms with Crippen molar-refractivity contribution < 1.29 is 40.1 Å². The molecule has 3 N–H and O–H groups in total. The number of alkyl halides is 6. The van der Waals surface area contributed by atoms with Crippen LogP contribution in [0.4, 0.5) is 37.8 Å². The van der Waals surface area contributed by atoms with E-state index in [9.17, 15) is 40.1 Å². The number of nitrogens with one attached hydrogen (secondary N) is 1. The molecule has 24 heteroatoms. The van der Waals surface area contributed by atoms with E-state index in [0.717, 1.165) is 4.68 Å². The summed E-state index contributed by atoms with van der Waals surface area (Å²) < 4.78 is 96.9. The van der Waals surface area contributed by atoms with Gasteiger partial charge in [0.25, 0.3) is 11.8 Å². The molecule has 326 valence electrons. The van der Waals surface area contributed by atoms with Gasteiger partial charge in [-0.3, -0.25) is 13.8 Å². The molecule has 0 spiro atoms. The zero-order valence-corrected chi connectivity index (χ0v) is 37.2. The summed E-state index contributed by atoms with van der Waals surface area (Å²) in [5.74, 6) is -1.71. The van der Waals surface area contributed by atoms with Gasteiger partial charge in [-0.2, -0.15) is 46.2 Å². The first-order valence-electron chi connectivity index (χ1n) is 17.4. The monoisotopic (exact) mass is 969 g/mol. The standard InChI is InChI=1S/C24H24Cl2F3N5O2S.C13H9Cl2F3N4OS/c1-12(2)37(13(3)4)33-22(35)16-10-15(25)9-14(5)20(16)31-23(36)18-11-19(24(27,28)29)32-34(18)21-17(26)7-6-8-30-21;1-2-24(23)11-9(5-19)21-22(12(11)20)10-7(14)3-6(4-8(10)15)13(16,17)18/h6-13H,1-5H3,(H,31,36);3-4H,2,20H2,1H3. The Morgan fingerprint density at radius 2 is 1.54 bits per heavy atom. The number of pyridine rings is 1. The number of carbonyl (C=O) groups is 2. The van der Waals surface area contributed by atoms with Gasteiger partial charge in [0.2, 0.25) is 0 Å². The Morgan fingerprint density at radius 1 is 0.934 bits per heavy atom. The van der Waals surface area contributed by atoms with Crippen LogP contribution in [0.3, 0.4) is 0 Å². The molecule has 2 aromatic carbocycles. The fourth-order valence-corrected chi connectivity index (χ4v) is 9.32. The summed E-state index contributed by atoms with van der Waals surface area (Å²) in [5.41, 5.74) is 3.22. The van der Waals surface area contributed by atoms with E-state index >= 15 is 0 Å². The summed E-state index contributed by atoms with van der Waals surface area (Å²) in [7, 11) is -2.20. The lowest BCUT2D eigenvalue weighted by molar-refractivity contribution is -0.141. The maximum absolute atomic E-state index is 13.5. The zero-order chi connectivity index (χ0) is 45.9. The normalized spacial score (nSPS) is 12.3. The van der Waals surface area contributed by atoms with Crippen molar-refractivity contribution in [1.29, 1.82) is 5.26 Å². The number of nitriles is 1. The fraction of sp³-hybridized carbons (Fsp3) is 0.297. The molecule has 1 atom stereocenters. The number of anilines is 2. The molecule has 0 fully saturated rings. The molecule has 0 saturated carbocycles. The average molecular weight is 972 g/mol. The van der Waals surface area contributed by atoms with Crippen LogP contribution >= 0.6 is 46.4 Å². The van der Waals surface area contributed by atoms with Crippen molar-refractivity contribution in [2.45, 2.75) is 69.3 Å². The van der Waals surface area contributed by atoms with Crippen molar-refractivity contribution in [1.82, 2.24) is 24.5 Å². The van der Waals surface area contributed by atoms with E-state index in [4.69, 9.17) is 57.4 Å². The van der Waals surface area contributed by atoms with Crippen LogP contribution in [0, 0.1) is 18.3 Å². The van der Waals surface area contributed by atoms with E-state index in [1.807, 2.05) is 27.7 Å². The minimum absolute atomic E-state index is 0.00738. The number of hydrogen-bond acceptors (Lipinski definition) is 8. The molecule has 0 aliphatic rings. The Morgan fingerprint density at radius 3 is 2.05 bits per heavy atom. The SMILES string of the molecule is CCS(=O)c1c(C#N)nn(-c2c(Cl)cc(C(F)(F)F)cc2Cl)c1N.Cc1cc(Cl)cc(C(=O)N=S(C(C)C)C(C)C)c1NC(=O)c1cc(C(F)(F)F)nn1-c1ncccc1Cl. The van der Waals surface area contributed by atoms with Crippen molar-refractivity contribution in [3.63, 3.8) is 0 Å². The maximum atomic E-state index is 13.5. The highest BCUT2D eigenvalue weighted by Gasteiger charge is 2.37. The predicted octanol–water partition coefficient (Wildman–Crippen LogP) is 10.7. The van der Waals surface area contributed by atoms with Gasteiger partial charge in [-0.15, -0.1) is 0 Å². The molecule has 0 aliphatic carbocycles. The number of rotatable bonds is 9. The third kappa shape index (κ3) is 11.3. The van der Waals surface area contributed by atoms with E-state index in [0.29, 0.717) is 28.4 Å². The molecule has 3 aromatic heterocycles. The highest BCUT2D eigenvalue weighted by Crippen LogP contribution is 2.39. The molecule has 1 unspecified atom stereocenters. The summed E-state index contributed by atoms with van der Waals surface area (Å²) in [4.78, 5) is 30.5. The Hall–Kier alpha value is -4.52. The second-order valence-corrected chi connectivity index (χ2v) is 19.2. The lowest BCUT2D eigenvalue weighted by atomic mass is 10.1. The Bertz CT molecular complexity index is 2570. The summed E-state index contributed by atoms with van der Waals surface area (Å²) in [5, 5.41) is 18.8. The van der Waals surface area contributed by atoms with Gasteiger partial charge < -0.3 is 11.1 Å². The van der Waals surface area contributed by atoms with Crippen molar-refractivity contribution in [2.24, 2.45) is 4.36 Å².